The van der Waals surface area contributed by atoms with Crippen molar-refractivity contribution >= 4 is 17.4 Å². The predicted molar refractivity (Wildman–Crippen MR) is 101 cm³/mol. The van der Waals surface area contributed by atoms with Crippen molar-refractivity contribution in [2.75, 3.05) is 5.32 Å². The molecule has 0 spiro atoms. The summed E-state index contributed by atoms with van der Waals surface area (Å²) in [5.41, 5.74) is 2.96. The van der Waals surface area contributed by atoms with Gasteiger partial charge in [0.2, 0.25) is 11.7 Å². The quantitative estimate of drug-likeness (QED) is 0.704. The number of aryl methyl sites for hydroxylation is 1. The first-order chi connectivity index (χ1) is 13.0. The highest BCUT2D eigenvalue weighted by Gasteiger charge is 2.32. The Morgan fingerprint density at radius 1 is 1.07 bits per heavy atom. The van der Waals surface area contributed by atoms with Crippen LogP contribution in [-0.4, -0.2) is 16.3 Å². The number of fused-ring (bicyclic) bond motifs is 1. The molecule has 0 saturated carbocycles. The molecular weight excluding hydrogens is 343 g/mol. The molecule has 27 heavy (non-hydrogen) atoms. The van der Waals surface area contributed by atoms with Gasteiger partial charge in [0.1, 0.15) is 5.82 Å². The number of ketones is 1. The molecule has 3 aromatic rings. The van der Waals surface area contributed by atoms with E-state index in [0.29, 0.717) is 24.2 Å². The second-order valence-electron chi connectivity index (χ2n) is 6.80. The Hall–Kier alpha value is -3.21. The van der Waals surface area contributed by atoms with Crippen molar-refractivity contribution in [3.8, 4) is 0 Å². The lowest BCUT2D eigenvalue weighted by atomic mass is 10.0. The fourth-order valence-electron chi connectivity index (χ4n) is 3.59. The number of halogens is 1. The predicted octanol–water partition coefficient (Wildman–Crippen LogP) is 4.29. The van der Waals surface area contributed by atoms with Gasteiger partial charge >= 0.3 is 0 Å². The molecule has 1 aliphatic rings. The van der Waals surface area contributed by atoms with E-state index in [1.807, 2.05) is 28.8 Å². The summed E-state index contributed by atoms with van der Waals surface area (Å²) in [4.78, 5) is 25.4. The summed E-state index contributed by atoms with van der Waals surface area (Å²) in [5.74, 6) is -1.17. The molecule has 2 aromatic carbocycles. The third-order valence-corrected chi connectivity index (χ3v) is 4.98. The number of carbonyl (C=O) groups excluding carboxylic acids is 2. The van der Waals surface area contributed by atoms with Crippen molar-refractivity contribution < 1.29 is 14.0 Å². The van der Waals surface area contributed by atoms with E-state index in [1.54, 1.807) is 37.3 Å². The second-order valence-corrected chi connectivity index (χ2v) is 6.80. The largest absolute Gasteiger partial charge is 0.341 e. The molecule has 1 atom stereocenters. The molecular formula is C22H19FN2O2. The SMILES string of the molecule is Cc1ccc(NC(=O)C2CCn3c(C(=O)c4ccccc4)ccc32)c(F)c1. The highest BCUT2D eigenvalue weighted by molar-refractivity contribution is 6.08. The third kappa shape index (κ3) is 3.16. The first-order valence-corrected chi connectivity index (χ1v) is 8.91. The van der Waals surface area contributed by atoms with Crippen LogP contribution < -0.4 is 5.32 Å². The molecule has 1 N–H and O–H groups in total. The minimum atomic E-state index is -0.448. The zero-order valence-electron chi connectivity index (χ0n) is 14.9. The molecule has 1 aromatic heterocycles. The van der Waals surface area contributed by atoms with Crippen LogP contribution in [0.2, 0.25) is 0 Å². The van der Waals surface area contributed by atoms with Crippen molar-refractivity contribution in [1.29, 1.82) is 0 Å². The molecule has 136 valence electrons. The number of carbonyl (C=O) groups is 2. The molecule has 0 bridgehead atoms. The maximum atomic E-state index is 14.0. The first kappa shape index (κ1) is 17.2. The van der Waals surface area contributed by atoms with Crippen LogP contribution in [0.4, 0.5) is 10.1 Å². The van der Waals surface area contributed by atoms with Gasteiger partial charge in [-0.05, 0) is 43.2 Å². The lowest BCUT2D eigenvalue weighted by Crippen LogP contribution is -2.20. The zero-order valence-corrected chi connectivity index (χ0v) is 14.9. The van der Waals surface area contributed by atoms with Crippen molar-refractivity contribution in [2.24, 2.45) is 0 Å². The van der Waals surface area contributed by atoms with Crippen LogP contribution in [0, 0.1) is 12.7 Å². The molecule has 0 saturated heterocycles. The number of hydrogen-bond acceptors (Lipinski definition) is 2. The topological polar surface area (TPSA) is 51.1 Å². The summed E-state index contributed by atoms with van der Waals surface area (Å²) >= 11 is 0. The highest BCUT2D eigenvalue weighted by atomic mass is 19.1. The van der Waals surface area contributed by atoms with E-state index in [0.717, 1.165) is 11.3 Å². The van der Waals surface area contributed by atoms with E-state index in [1.165, 1.54) is 6.07 Å². The molecule has 5 heteroatoms. The van der Waals surface area contributed by atoms with E-state index in [-0.39, 0.29) is 17.4 Å². The monoisotopic (exact) mass is 362 g/mol. The van der Waals surface area contributed by atoms with Crippen molar-refractivity contribution in [3.63, 3.8) is 0 Å². The minimum Gasteiger partial charge on any atom is -0.341 e. The van der Waals surface area contributed by atoms with Gasteiger partial charge in [0, 0.05) is 17.8 Å². The van der Waals surface area contributed by atoms with Gasteiger partial charge in [0.25, 0.3) is 0 Å². The molecule has 2 heterocycles. The molecule has 1 amide bonds. The summed E-state index contributed by atoms with van der Waals surface area (Å²) in [6, 6.07) is 17.4. The maximum Gasteiger partial charge on any atom is 0.233 e. The number of hydrogen-bond donors (Lipinski definition) is 1. The maximum absolute atomic E-state index is 14.0. The number of aromatic nitrogens is 1. The Balaban J connectivity index is 1.57. The molecule has 4 nitrogen and oxygen atoms in total. The van der Waals surface area contributed by atoms with E-state index < -0.39 is 11.7 Å². The van der Waals surface area contributed by atoms with Crippen LogP contribution in [0.3, 0.4) is 0 Å². The van der Waals surface area contributed by atoms with Gasteiger partial charge in [-0.15, -0.1) is 0 Å². The Morgan fingerprint density at radius 3 is 2.59 bits per heavy atom. The smallest absolute Gasteiger partial charge is 0.233 e. The Labute approximate surface area is 156 Å². The lowest BCUT2D eigenvalue weighted by molar-refractivity contribution is -0.117. The van der Waals surface area contributed by atoms with Crippen molar-refractivity contribution in [3.05, 3.63) is 89.0 Å². The van der Waals surface area contributed by atoms with E-state index in [4.69, 9.17) is 0 Å². The van der Waals surface area contributed by atoms with Gasteiger partial charge < -0.3 is 9.88 Å². The Kier molecular flexibility index (Phi) is 4.36. The first-order valence-electron chi connectivity index (χ1n) is 8.91. The van der Waals surface area contributed by atoms with Crippen molar-refractivity contribution in [1.82, 2.24) is 4.57 Å². The normalized spacial score (nSPS) is 15.4. The summed E-state index contributed by atoms with van der Waals surface area (Å²) in [7, 11) is 0. The number of nitrogens with one attached hydrogen (secondary N) is 1. The summed E-state index contributed by atoms with van der Waals surface area (Å²) in [6.07, 6.45) is 0.588. The molecule has 0 fully saturated rings. The second kappa shape index (κ2) is 6.83. The summed E-state index contributed by atoms with van der Waals surface area (Å²) in [6.45, 7) is 2.38. The highest BCUT2D eigenvalue weighted by Crippen LogP contribution is 2.32. The average Bonchev–Trinajstić information content (AvgIpc) is 3.26. The standard InChI is InChI=1S/C22H19FN2O2/c1-14-7-8-18(17(23)13-14)24-22(27)16-11-12-25-19(16)9-10-20(25)21(26)15-5-3-2-4-6-15/h2-10,13,16H,11-12H2,1H3,(H,24,27). The van der Waals surface area contributed by atoms with Crippen molar-refractivity contribution in [2.45, 2.75) is 25.8 Å². The zero-order chi connectivity index (χ0) is 19.0. The Bertz CT molecular complexity index is 1020. The van der Waals surface area contributed by atoms with Crippen LogP contribution in [0.1, 0.15) is 39.6 Å². The third-order valence-electron chi connectivity index (χ3n) is 4.98. The van der Waals surface area contributed by atoms with E-state index in [9.17, 15) is 14.0 Å². The van der Waals surface area contributed by atoms with Gasteiger partial charge in [0.05, 0.1) is 17.3 Å². The average molecular weight is 362 g/mol. The number of nitrogens with zero attached hydrogens (tertiary/aromatic N) is 1. The van der Waals surface area contributed by atoms with Gasteiger partial charge in [-0.25, -0.2) is 4.39 Å². The number of benzene rings is 2. The van der Waals surface area contributed by atoms with Crippen LogP contribution in [-0.2, 0) is 11.3 Å². The number of anilines is 1. The Morgan fingerprint density at radius 2 is 1.85 bits per heavy atom. The van der Waals surface area contributed by atoms with Crippen LogP contribution in [0.5, 0.6) is 0 Å². The fourth-order valence-corrected chi connectivity index (χ4v) is 3.59. The van der Waals surface area contributed by atoms with E-state index >= 15 is 0 Å². The lowest BCUT2D eigenvalue weighted by Gasteiger charge is -2.11. The van der Waals surface area contributed by atoms with Crippen LogP contribution >= 0.6 is 0 Å². The summed E-state index contributed by atoms with van der Waals surface area (Å²) in [5, 5.41) is 2.68. The molecule has 4 rings (SSSR count). The van der Waals surface area contributed by atoms with Gasteiger partial charge in [-0.2, -0.15) is 0 Å². The number of amides is 1. The van der Waals surface area contributed by atoms with Gasteiger partial charge in [0.15, 0.2) is 0 Å². The fraction of sp³-hybridized carbons (Fsp3) is 0.182. The van der Waals surface area contributed by atoms with Gasteiger partial charge in [-0.3, -0.25) is 9.59 Å². The molecule has 1 aliphatic heterocycles. The molecule has 1 unspecified atom stereocenters. The van der Waals surface area contributed by atoms with Crippen LogP contribution in [0.25, 0.3) is 0 Å². The van der Waals surface area contributed by atoms with Crippen LogP contribution in [0.15, 0.2) is 60.7 Å². The molecule has 0 radical (unpaired) electrons. The molecule has 0 aliphatic carbocycles. The van der Waals surface area contributed by atoms with Gasteiger partial charge in [-0.1, -0.05) is 36.4 Å². The van der Waals surface area contributed by atoms with E-state index in [2.05, 4.69) is 5.32 Å². The summed E-state index contributed by atoms with van der Waals surface area (Å²) < 4.78 is 15.9. The minimum absolute atomic E-state index is 0.0625. The number of rotatable bonds is 4.